The Labute approximate surface area is 119 Å². The fourth-order valence-corrected chi connectivity index (χ4v) is 3.02. The Balaban J connectivity index is 2.65. The highest BCUT2D eigenvalue weighted by Gasteiger charge is 2.20. The van der Waals surface area contributed by atoms with Crippen molar-refractivity contribution in [2.24, 2.45) is 0 Å². The zero-order chi connectivity index (χ0) is 14.0. The van der Waals surface area contributed by atoms with E-state index >= 15 is 0 Å². The molecule has 2 aromatic heterocycles. The monoisotopic (exact) mass is 297 g/mol. The summed E-state index contributed by atoms with van der Waals surface area (Å²) in [5, 5.41) is 4.01. The second-order valence-corrected chi connectivity index (χ2v) is 5.08. The minimum atomic E-state index is -0.383. The van der Waals surface area contributed by atoms with Crippen molar-refractivity contribution in [3.63, 3.8) is 0 Å². The first-order chi connectivity index (χ1) is 9.08. The summed E-state index contributed by atoms with van der Waals surface area (Å²) in [5.74, 6) is 0.213. The summed E-state index contributed by atoms with van der Waals surface area (Å²) in [6.07, 6.45) is 1.71. The van der Waals surface area contributed by atoms with Gasteiger partial charge in [0.25, 0.3) is 0 Å². The first-order valence-corrected chi connectivity index (χ1v) is 6.67. The molecule has 0 bridgehead atoms. The highest BCUT2D eigenvalue weighted by Crippen LogP contribution is 2.34. The Hall–Kier alpha value is -1.66. The molecule has 0 aromatic carbocycles. The lowest BCUT2D eigenvalue weighted by Crippen LogP contribution is -2.03. The Kier molecular flexibility index (Phi) is 4.01. The second kappa shape index (κ2) is 5.54. The molecular weight excluding hydrogens is 286 g/mol. The second-order valence-electron chi connectivity index (χ2n) is 3.74. The predicted molar refractivity (Wildman–Crippen MR) is 77.2 cm³/mol. The van der Waals surface area contributed by atoms with Gasteiger partial charge < -0.3 is 10.1 Å². The zero-order valence-corrected chi connectivity index (χ0v) is 12.1. The van der Waals surface area contributed by atoms with E-state index in [1.165, 1.54) is 18.4 Å². The fourth-order valence-electron chi connectivity index (χ4n) is 1.70. The average Bonchev–Trinajstić information content (AvgIpc) is 2.72. The van der Waals surface area contributed by atoms with Crippen LogP contribution in [0.15, 0.2) is 12.7 Å². The molecule has 100 valence electrons. The third-order valence-electron chi connectivity index (χ3n) is 2.55. The number of halogens is 1. The molecule has 19 heavy (non-hydrogen) atoms. The number of carbonyl (C=O) groups excluding carboxylic acids is 1. The van der Waals surface area contributed by atoms with Crippen molar-refractivity contribution in [3.05, 3.63) is 28.4 Å². The van der Waals surface area contributed by atoms with Crippen molar-refractivity contribution in [2.45, 2.75) is 6.92 Å². The molecule has 0 saturated heterocycles. The molecule has 0 aliphatic rings. The summed E-state index contributed by atoms with van der Waals surface area (Å²) in [7, 11) is 1.35. The lowest BCUT2D eigenvalue weighted by Gasteiger charge is -2.05. The van der Waals surface area contributed by atoms with Crippen LogP contribution in [0.25, 0.3) is 10.2 Å². The quantitative estimate of drug-likeness (QED) is 0.534. The largest absolute Gasteiger partial charge is 0.465 e. The number of nitrogens with zero attached hydrogens (tertiary/aromatic N) is 2. The molecular formula is C12H12ClN3O2S. The number of rotatable bonds is 4. The van der Waals surface area contributed by atoms with Gasteiger partial charge in [-0.2, -0.15) is 0 Å². The van der Waals surface area contributed by atoms with Gasteiger partial charge in [0, 0.05) is 6.54 Å². The van der Waals surface area contributed by atoms with Crippen LogP contribution in [0.3, 0.4) is 0 Å². The molecule has 0 amide bonds. The third kappa shape index (κ3) is 2.54. The van der Waals surface area contributed by atoms with Gasteiger partial charge >= 0.3 is 5.97 Å². The van der Waals surface area contributed by atoms with Gasteiger partial charge in [-0.3, -0.25) is 0 Å². The van der Waals surface area contributed by atoms with Crippen LogP contribution in [0.1, 0.15) is 15.2 Å². The van der Waals surface area contributed by atoms with Crippen LogP contribution in [0, 0.1) is 6.92 Å². The van der Waals surface area contributed by atoms with E-state index in [-0.39, 0.29) is 11.3 Å². The summed E-state index contributed by atoms with van der Waals surface area (Å²) >= 11 is 7.12. The summed E-state index contributed by atoms with van der Waals surface area (Å²) in [6, 6.07) is 0. The van der Waals surface area contributed by atoms with Crippen LogP contribution in [-0.4, -0.2) is 29.6 Å². The fraction of sp³-hybridized carbons (Fsp3) is 0.250. The SMILES string of the molecule is C=CCNc1nc(Cl)nc2sc(C(=O)OC)c(C)c12. The molecule has 2 heterocycles. The lowest BCUT2D eigenvalue weighted by molar-refractivity contribution is 0.0605. The molecule has 2 aromatic rings. The predicted octanol–water partition coefficient (Wildman–Crippen LogP) is 3.04. The van der Waals surface area contributed by atoms with E-state index in [0.29, 0.717) is 22.1 Å². The number of methoxy groups -OCH3 is 1. The molecule has 0 fully saturated rings. The number of carbonyl (C=O) groups is 1. The standard InChI is InChI=1S/C12H12ClN3O2S/c1-4-5-14-9-7-6(2)8(11(17)18-3)19-10(7)16-12(13)15-9/h4H,1,5H2,2-3H3,(H,14,15,16). The number of aryl methyl sites for hydroxylation is 1. The van der Waals surface area contributed by atoms with Crippen molar-refractivity contribution in [3.8, 4) is 0 Å². The highest BCUT2D eigenvalue weighted by atomic mass is 35.5. The normalized spacial score (nSPS) is 10.5. The molecule has 0 aliphatic heterocycles. The molecule has 7 heteroatoms. The minimum absolute atomic E-state index is 0.136. The smallest absolute Gasteiger partial charge is 0.348 e. The number of anilines is 1. The minimum Gasteiger partial charge on any atom is -0.465 e. The molecule has 0 radical (unpaired) electrons. The number of fused-ring (bicyclic) bond motifs is 1. The van der Waals surface area contributed by atoms with Gasteiger partial charge in [0.2, 0.25) is 5.28 Å². The van der Waals surface area contributed by atoms with Crippen LogP contribution >= 0.6 is 22.9 Å². The van der Waals surface area contributed by atoms with E-state index in [1.54, 1.807) is 6.08 Å². The highest BCUT2D eigenvalue weighted by molar-refractivity contribution is 7.20. The number of aromatic nitrogens is 2. The summed E-state index contributed by atoms with van der Waals surface area (Å²) in [4.78, 5) is 21.1. The maximum Gasteiger partial charge on any atom is 0.348 e. The average molecular weight is 298 g/mol. The molecule has 0 aliphatic carbocycles. The van der Waals surface area contributed by atoms with Crippen LogP contribution in [0.5, 0.6) is 0 Å². The molecule has 5 nitrogen and oxygen atoms in total. The molecule has 2 rings (SSSR count). The van der Waals surface area contributed by atoms with E-state index in [4.69, 9.17) is 16.3 Å². The van der Waals surface area contributed by atoms with E-state index in [2.05, 4.69) is 21.9 Å². The first kappa shape index (κ1) is 13.8. The van der Waals surface area contributed by atoms with E-state index in [1.807, 2.05) is 6.92 Å². The molecule has 0 unspecified atom stereocenters. The molecule has 0 spiro atoms. The summed E-state index contributed by atoms with van der Waals surface area (Å²) in [5.41, 5.74) is 0.787. The molecule has 0 saturated carbocycles. The van der Waals surface area contributed by atoms with Gasteiger partial charge in [-0.15, -0.1) is 17.9 Å². The van der Waals surface area contributed by atoms with Gasteiger partial charge in [0.05, 0.1) is 12.5 Å². The Morgan fingerprint density at radius 1 is 1.58 bits per heavy atom. The van der Waals surface area contributed by atoms with Crippen LogP contribution < -0.4 is 5.32 Å². The van der Waals surface area contributed by atoms with E-state index < -0.39 is 0 Å². The first-order valence-electron chi connectivity index (χ1n) is 5.48. The number of nitrogens with one attached hydrogen (secondary N) is 1. The van der Waals surface area contributed by atoms with Crippen LogP contribution in [-0.2, 0) is 4.74 Å². The number of esters is 1. The van der Waals surface area contributed by atoms with Crippen molar-refractivity contribution in [2.75, 3.05) is 19.0 Å². The number of hydrogen-bond acceptors (Lipinski definition) is 6. The third-order valence-corrected chi connectivity index (χ3v) is 3.88. The van der Waals surface area contributed by atoms with Crippen molar-refractivity contribution in [1.82, 2.24) is 9.97 Å². The van der Waals surface area contributed by atoms with Crippen LogP contribution in [0.4, 0.5) is 5.82 Å². The number of thiophene rings is 1. The lowest BCUT2D eigenvalue weighted by atomic mass is 10.2. The van der Waals surface area contributed by atoms with Crippen molar-refractivity contribution in [1.29, 1.82) is 0 Å². The Morgan fingerprint density at radius 2 is 2.32 bits per heavy atom. The Bertz CT molecular complexity index is 654. The Morgan fingerprint density at radius 3 is 2.95 bits per heavy atom. The summed E-state index contributed by atoms with van der Waals surface area (Å²) in [6.45, 7) is 6.02. The van der Waals surface area contributed by atoms with Gasteiger partial charge in [0.15, 0.2) is 0 Å². The van der Waals surface area contributed by atoms with Crippen molar-refractivity contribution >= 4 is 44.9 Å². The number of ether oxygens (including phenoxy) is 1. The van der Waals surface area contributed by atoms with Gasteiger partial charge in [0.1, 0.15) is 15.5 Å². The van der Waals surface area contributed by atoms with Gasteiger partial charge in [-0.25, -0.2) is 14.8 Å². The van der Waals surface area contributed by atoms with Crippen LogP contribution in [0.2, 0.25) is 5.28 Å². The van der Waals surface area contributed by atoms with Gasteiger partial charge in [-0.1, -0.05) is 6.08 Å². The maximum atomic E-state index is 11.7. The topological polar surface area (TPSA) is 64.1 Å². The van der Waals surface area contributed by atoms with E-state index in [9.17, 15) is 4.79 Å². The zero-order valence-electron chi connectivity index (χ0n) is 10.5. The van der Waals surface area contributed by atoms with E-state index in [0.717, 1.165) is 10.9 Å². The maximum absolute atomic E-state index is 11.7. The van der Waals surface area contributed by atoms with Crippen molar-refractivity contribution < 1.29 is 9.53 Å². The van der Waals surface area contributed by atoms with Gasteiger partial charge in [-0.05, 0) is 24.1 Å². The molecule has 0 atom stereocenters. The number of hydrogen-bond donors (Lipinski definition) is 1. The molecule has 1 N–H and O–H groups in total. The summed E-state index contributed by atoms with van der Waals surface area (Å²) < 4.78 is 4.75.